The van der Waals surface area contributed by atoms with E-state index in [2.05, 4.69) is 31.4 Å². The first kappa shape index (κ1) is 12.8. The van der Waals surface area contributed by atoms with Crippen LogP contribution in [0.2, 0.25) is 0 Å². The molecule has 2 rings (SSSR count). The maximum atomic E-state index is 13.7. The maximum absolute atomic E-state index is 13.7. The Morgan fingerprint density at radius 2 is 2.17 bits per heavy atom. The molecule has 1 aromatic carbocycles. The summed E-state index contributed by atoms with van der Waals surface area (Å²) in [7, 11) is 0. The van der Waals surface area contributed by atoms with Crippen molar-refractivity contribution in [2.24, 2.45) is 5.73 Å². The zero-order valence-electron chi connectivity index (χ0n) is 9.02. The van der Waals surface area contributed by atoms with E-state index in [9.17, 15) is 4.39 Å². The molecular formula is C11H8BrFN4S. The minimum absolute atomic E-state index is 0.171. The third kappa shape index (κ3) is 2.80. The van der Waals surface area contributed by atoms with Crippen molar-refractivity contribution in [2.45, 2.75) is 0 Å². The lowest BCUT2D eigenvalue weighted by molar-refractivity contribution is 0.631. The first-order chi connectivity index (χ1) is 8.58. The van der Waals surface area contributed by atoms with Gasteiger partial charge in [0.05, 0.1) is 17.4 Å². The van der Waals surface area contributed by atoms with Crippen LogP contribution >= 0.6 is 28.1 Å². The van der Waals surface area contributed by atoms with Crippen molar-refractivity contribution >= 4 is 44.6 Å². The molecule has 0 aliphatic rings. The summed E-state index contributed by atoms with van der Waals surface area (Å²) in [6.45, 7) is 0. The van der Waals surface area contributed by atoms with Gasteiger partial charge in [-0.25, -0.2) is 4.39 Å². The standard InChI is InChI=1S/C11H8BrFN4S/c12-6-1-2-9(8(13)5-6)16-11-7(10(14)18)3-4-15-17-11/h1-5H,(H2,14,18)(H,16,17). The summed E-state index contributed by atoms with van der Waals surface area (Å²) in [5.41, 5.74) is 6.34. The van der Waals surface area contributed by atoms with E-state index in [0.717, 1.165) is 0 Å². The summed E-state index contributed by atoms with van der Waals surface area (Å²) in [5, 5.41) is 10.4. The first-order valence-corrected chi connectivity index (χ1v) is 6.11. The Hall–Kier alpha value is -1.60. The van der Waals surface area contributed by atoms with Crippen LogP contribution in [0, 0.1) is 5.82 Å². The molecule has 0 aliphatic heterocycles. The Bertz CT molecular complexity index is 605. The van der Waals surface area contributed by atoms with Crippen molar-refractivity contribution in [2.75, 3.05) is 5.32 Å². The third-order valence-corrected chi connectivity index (χ3v) is 2.88. The summed E-state index contributed by atoms with van der Waals surface area (Å²) in [6, 6.07) is 6.26. The minimum atomic E-state index is -0.413. The Balaban J connectivity index is 2.37. The molecule has 0 amide bonds. The van der Waals surface area contributed by atoms with Crippen molar-refractivity contribution in [1.29, 1.82) is 0 Å². The average molecular weight is 327 g/mol. The summed E-state index contributed by atoms with van der Waals surface area (Å²) < 4.78 is 14.3. The summed E-state index contributed by atoms with van der Waals surface area (Å²) in [5.74, 6) is -0.0878. The molecule has 18 heavy (non-hydrogen) atoms. The molecule has 0 fully saturated rings. The van der Waals surface area contributed by atoms with E-state index in [1.54, 1.807) is 18.2 Å². The monoisotopic (exact) mass is 326 g/mol. The highest BCUT2D eigenvalue weighted by Crippen LogP contribution is 2.23. The number of nitrogens with two attached hydrogens (primary N) is 1. The van der Waals surface area contributed by atoms with E-state index in [1.807, 2.05) is 0 Å². The van der Waals surface area contributed by atoms with Crippen LogP contribution in [0.4, 0.5) is 15.9 Å². The fourth-order valence-corrected chi connectivity index (χ4v) is 1.84. The molecule has 0 radical (unpaired) electrons. The molecular weight excluding hydrogens is 319 g/mol. The van der Waals surface area contributed by atoms with Gasteiger partial charge in [0.15, 0.2) is 5.82 Å². The van der Waals surface area contributed by atoms with Gasteiger partial charge in [-0.2, -0.15) is 5.10 Å². The highest BCUT2D eigenvalue weighted by atomic mass is 79.9. The number of nitrogens with zero attached hydrogens (tertiary/aromatic N) is 2. The fraction of sp³-hybridized carbons (Fsp3) is 0. The highest BCUT2D eigenvalue weighted by Gasteiger charge is 2.09. The van der Waals surface area contributed by atoms with Crippen molar-refractivity contribution < 1.29 is 4.39 Å². The van der Waals surface area contributed by atoms with Gasteiger partial charge in [0.1, 0.15) is 10.8 Å². The lowest BCUT2D eigenvalue weighted by Crippen LogP contribution is -2.13. The second kappa shape index (κ2) is 5.36. The molecule has 3 N–H and O–H groups in total. The summed E-state index contributed by atoms with van der Waals surface area (Å²) in [4.78, 5) is 0.171. The number of hydrogen-bond donors (Lipinski definition) is 2. The molecule has 1 aromatic heterocycles. The number of thiocarbonyl (C=S) groups is 1. The van der Waals surface area contributed by atoms with Gasteiger partial charge in [-0.1, -0.05) is 28.1 Å². The highest BCUT2D eigenvalue weighted by molar-refractivity contribution is 9.10. The van der Waals surface area contributed by atoms with Gasteiger partial charge in [-0.3, -0.25) is 0 Å². The zero-order valence-corrected chi connectivity index (χ0v) is 11.4. The first-order valence-electron chi connectivity index (χ1n) is 4.91. The van der Waals surface area contributed by atoms with E-state index in [4.69, 9.17) is 18.0 Å². The zero-order chi connectivity index (χ0) is 13.1. The molecule has 0 unspecified atom stereocenters. The van der Waals surface area contributed by atoms with Crippen LogP contribution in [0.5, 0.6) is 0 Å². The summed E-state index contributed by atoms with van der Waals surface area (Å²) >= 11 is 8.07. The van der Waals surface area contributed by atoms with E-state index in [1.165, 1.54) is 12.3 Å². The topological polar surface area (TPSA) is 63.8 Å². The van der Waals surface area contributed by atoms with Crippen LogP contribution in [-0.4, -0.2) is 15.2 Å². The second-order valence-corrected chi connectivity index (χ2v) is 4.76. The van der Waals surface area contributed by atoms with E-state index < -0.39 is 5.82 Å². The van der Waals surface area contributed by atoms with Crippen molar-refractivity contribution in [3.05, 3.63) is 46.3 Å². The lowest BCUT2D eigenvalue weighted by Gasteiger charge is -2.09. The maximum Gasteiger partial charge on any atom is 0.163 e. The van der Waals surface area contributed by atoms with Gasteiger partial charge in [0.25, 0.3) is 0 Å². The van der Waals surface area contributed by atoms with E-state index in [0.29, 0.717) is 15.9 Å². The molecule has 0 bridgehead atoms. The number of benzene rings is 1. The van der Waals surface area contributed by atoms with Gasteiger partial charge in [0.2, 0.25) is 0 Å². The lowest BCUT2D eigenvalue weighted by atomic mass is 10.2. The van der Waals surface area contributed by atoms with Crippen LogP contribution in [0.25, 0.3) is 0 Å². The quantitative estimate of drug-likeness (QED) is 0.849. The summed E-state index contributed by atoms with van der Waals surface area (Å²) in [6.07, 6.45) is 1.47. The van der Waals surface area contributed by atoms with Gasteiger partial charge in [-0.05, 0) is 24.3 Å². The molecule has 0 atom stereocenters. The van der Waals surface area contributed by atoms with Crippen molar-refractivity contribution in [3.8, 4) is 0 Å². The van der Waals surface area contributed by atoms with Crippen LogP contribution < -0.4 is 11.1 Å². The molecule has 7 heteroatoms. The van der Waals surface area contributed by atoms with E-state index in [-0.39, 0.29) is 10.7 Å². The fourth-order valence-electron chi connectivity index (χ4n) is 1.34. The van der Waals surface area contributed by atoms with Crippen molar-refractivity contribution in [1.82, 2.24) is 10.2 Å². The number of nitrogens with one attached hydrogen (secondary N) is 1. The van der Waals surface area contributed by atoms with Gasteiger partial charge in [0, 0.05) is 4.47 Å². The number of rotatable bonds is 3. The Morgan fingerprint density at radius 1 is 1.39 bits per heavy atom. The largest absolute Gasteiger partial charge is 0.389 e. The van der Waals surface area contributed by atoms with Crippen LogP contribution in [0.15, 0.2) is 34.9 Å². The number of hydrogen-bond acceptors (Lipinski definition) is 4. The normalized spacial score (nSPS) is 10.1. The average Bonchev–Trinajstić information content (AvgIpc) is 2.33. The SMILES string of the molecule is NC(=S)c1ccnnc1Nc1ccc(Br)cc1F. The predicted octanol–water partition coefficient (Wildman–Crippen LogP) is 2.76. The minimum Gasteiger partial charge on any atom is -0.389 e. The Kier molecular flexibility index (Phi) is 3.83. The number of aromatic nitrogens is 2. The van der Waals surface area contributed by atoms with Crippen LogP contribution in [0.1, 0.15) is 5.56 Å². The molecule has 0 spiro atoms. The second-order valence-electron chi connectivity index (χ2n) is 3.41. The third-order valence-electron chi connectivity index (χ3n) is 2.17. The predicted molar refractivity (Wildman–Crippen MR) is 75.3 cm³/mol. The Morgan fingerprint density at radius 3 is 2.83 bits per heavy atom. The van der Waals surface area contributed by atoms with Gasteiger partial charge >= 0.3 is 0 Å². The van der Waals surface area contributed by atoms with Crippen LogP contribution in [-0.2, 0) is 0 Å². The van der Waals surface area contributed by atoms with Crippen LogP contribution in [0.3, 0.4) is 0 Å². The molecule has 0 saturated carbocycles. The molecule has 4 nitrogen and oxygen atoms in total. The molecule has 92 valence electrons. The van der Waals surface area contributed by atoms with Gasteiger partial charge < -0.3 is 11.1 Å². The smallest absolute Gasteiger partial charge is 0.163 e. The molecule has 0 saturated heterocycles. The molecule has 0 aliphatic carbocycles. The number of anilines is 2. The van der Waals surface area contributed by atoms with Gasteiger partial charge in [-0.15, -0.1) is 5.10 Å². The Labute approximate surface area is 117 Å². The van der Waals surface area contributed by atoms with E-state index >= 15 is 0 Å². The molecule has 2 aromatic rings. The number of halogens is 2. The molecule has 1 heterocycles. The van der Waals surface area contributed by atoms with Crippen molar-refractivity contribution in [3.63, 3.8) is 0 Å².